The predicted molar refractivity (Wildman–Crippen MR) is 140 cm³/mol. The number of quaternary nitrogens is 1. The van der Waals surface area contributed by atoms with Gasteiger partial charge in [0, 0.05) is 41.5 Å². The first-order valence-corrected chi connectivity index (χ1v) is 12.7. The average molecular weight is 567 g/mol. The van der Waals surface area contributed by atoms with Crippen molar-refractivity contribution in [3.63, 3.8) is 0 Å². The number of piperidine rings is 1. The maximum absolute atomic E-state index is 13.5. The first-order chi connectivity index (χ1) is 17.7. The number of hydrogen-bond donors (Lipinski definition) is 2. The first-order valence-electron chi connectivity index (χ1n) is 11.6. The zero-order valence-electron chi connectivity index (χ0n) is 19.6. The van der Waals surface area contributed by atoms with Crippen molar-refractivity contribution >= 4 is 64.0 Å². The van der Waals surface area contributed by atoms with Gasteiger partial charge in [-0.2, -0.15) is 10.5 Å². The van der Waals surface area contributed by atoms with Crippen molar-refractivity contribution < 1.29 is 29.1 Å². The van der Waals surface area contributed by atoms with Crippen LogP contribution < -0.4 is 10.4 Å². The summed E-state index contributed by atoms with van der Waals surface area (Å²) in [7, 11) is 0. The molecule has 2 N–H and O–H groups in total. The van der Waals surface area contributed by atoms with Gasteiger partial charge in [-0.05, 0) is 47.1 Å². The largest absolute Gasteiger partial charge is 0.478 e. The van der Waals surface area contributed by atoms with Crippen LogP contribution in [0.1, 0.15) is 37.3 Å². The molecule has 0 aromatic heterocycles. The highest BCUT2D eigenvalue weighted by molar-refractivity contribution is 6.40. The maximum atomic E-state index is 13.5. The lowest BCUT2D eigenvalue weighted by Crippen LogP contribution is -2.64. The highest BCUT2D eigenvalue weighted by atomic mass is 35.5. The number of halogens is 3. The van der Waals surface area contributed by atoms with E-state index >= 15 is 0 Å². The van der Waals surface area contributed by atoms with E-state index in [1.807, 2.05) is 12.1 Å². The van der Waals surface area contributed by atoms with E-state index in [1.165, 1.54) is 0 Å². The van der Waals surface area contributed by atoms with Gasteiger partial charge in [0.25, 0.3) is 0 Å². The Labute approximate surface area is 228 Å². The topological polar surface area (TPSA) is 108 Å². The molecule has 12 heteroatoms. The minimum atomic E-state index is -1.28. The van der Waals surface area contributed by atoms with Gasteiger partial charge in [0.2, 0.25) is 0 Å². The third kappa shape index (κ3) is 6.61. The van der Waals surface area contributed by atoms with Gasteiger partial charge in [0.15, 0.2) is 0 Å². The van der Waals surface area contributed by atoms with Gasteiger partial charge in [-0.3, -0.25) is 9.80 Å². The molecule has 2 heterocycles. The van der Waals surface area contributed by atoms with Gasteiger partial charge in [-0.25, -0.2) is 14.4 Å². The smallest absolute Gasteiger partial charge is 0.394 e. The van der Waals surface area contributed by atoms with Crippen LogP contribution in [0.4, 0.5) is 5.69 Å². The van der Waals surface area contributed by atoms with Crippen LogP contribution in [0, 0.1) is 0 Å². The number of carbonyl (C=O) groups is 3. The number of amides is 1. The van der Waals surface area contributed by atoms with E-state index in [1.54, 1.807) is 35.3 Å². The molecule has 1 amide bonds. The summed E-state index contributed by atoms with van der Waals surface area (Å²) >= 11 is 18.6. The molecular formula is C25H24Cl3N4O5+. The molecule has 2 aliphatic heterocycles. The fraction of sp³-hybridized carbons (Fsp3) is 0.280. The van der Waals surface area contributed by atoms with E-state index in [0.717, 1.165) is 18.1 Å². The molecule has 0 aliphatic carbocycles. The normalized spacial score (nSPS) is 18.9. The fourth-order valence-corrected chi connectivity index (χ4v) is 4.94. The third-order valence-corrected chi connectivity index (χ3v) is 6.84. The predicted octanol–water partition coefficient (Wildman–Crippen LogP) is 5.09. The number of hydroxylamine groups is 2. The summed E-state index contributed by atoms with van der Waals surface area (Å²) in [6, 6.07) is 11.9. The number of anilines is 1. The van der Waals surface area contributed by atoms with Gasteiger partial charge in [-0.15, -0.1) is 0 Å². The highest BCUT2D eigenvalue weighted by Crippen LogP contribution is 2.40. The zero-order valence-corrected chi connectivity index (χ0v) is 21.8. The minimum Gasteiger partial charge on any atom is -0.478 e. The van der Waals surface area contributed by atoms with E-state index in [4.69, 9.17) is 44.7 Å². The second kappa shape index (κ2) is 11.5. The minimum absolute atomic E-state index is 0.214. The number of benzene rings is 2. The van der Waals surface area contributed by atoms with Crippen LogP contribution in [0.25, 0.3) is 0 Å². The lowest BCUT2D eigenvalue weighted by atomic mass is 10.0. The van der Waals surface area contributed by atoms with Crippen LogP contribution in [0.3, 0.4) is 0 Å². The molecule has 1 saturated heterocycles. The summed E-state index contributed by atoms with van der Waals surface area (Å²) in [6.07, 6.45) is 4.10. The number of carbonyl (C=O) groups excluding carboxylic acids is 2. The van der Waals surface area contributed by atoms with Crippen LogP contribution in [-0.2, 0) is 19.2 Å². The summed E-state index contributed by atoms with van der Waals surface area (Å²) < 4.78 is -0.450. The Morgan fingerprint density at radius 2 is 1.68 bits per heavy atom. The van der Waals surface area contributed by atoms with Crippen LogP contribution in [-0.4, -0.2) is 46.5 Å². The van der Waals surface area contributed by atoms with Gasteiger partial charge in [0.05, 0.1) is 16.8 Å². The summed E-state index contributed by atoms with van der Waals surface area (Å²) in [5, 5.41) is 16.5. The molecule has 0 saturated carbocycles. The van der Waals surface area contributed by atoms with E-state index < -0.39 is 22.6 Å². The molecule has 0 bridgehead atoms. The highest BCUT2D eigenvalue weighted by Gasteiger charge is 2.41. The third-order valence-electron chi connectivity index (χ3n) is 6.05. The summed E-state index contributed by atoms with van der Waals surface area (Å²) in [6.45, 7) is 0.692. The van der Waals surface area contributed by atoms with Crippen LogP contribution in [0.2, 0.25) is 15.1 Å². The second-order valence-electron chi connectivity index (χ2n) is 8.68. The zero-order chi connectivity index (χ0) is 26.6. The van der Waals surface area contributed by atoms with E-state index in [-0.39, 0.29) is 18.2 Å². The number of rotatable bonds is 7. The van der Waals surface area contributed by atoms with Crippen molar-refractivity contribution in [3.05, 3.63) is 75.2 Å². The number of carboxylic acids is 1. The molecular weight excluding hydrogens is 543 g/mol. The number of hydrogen-bond acceptors (Lipinski definition) is 6. The Morgan fingerprint density at radius 3 is 2.32 bits per heavy atom. The second-order valence-corrected chi connectivity index (χ2v) is 9.96. The molecule has 2 aromatic carbocycles. The van der Waals surface area contributed by atoms with Gasteiger partial charge in [-0.1, -0.05) is 46.9 Å². The Hall–Kier alpha value is -3.11. The van der Waals surface area contributed by atoms with Gasteiger partial charge < -0.3 is 5.11 Å². The maximum Gasteiger partial charge on any atom is 0.394 e. The van der Waals surface area contributed by atoms with Crippen LogP contribution >= 0.6 is 34.8 Å². The fourth-order valence-electron chi connectivity index (χ4n) is 4.32. The van der Waals surface area contributed by atoms with Crippen molar-refractivity contribution in [1.82, 2.24) is 5.43 Å². The Kier molecular flexibility index (Phi) is 8.39. The molecule has 9 nitrogen and oxygen atoms in total. The summed E-state index contributed by atoms with van der Waals surface area (Å²) in [4.78, 5) is 42.0. The monoisotopic (exact) mass is 565 g/mol. The molecule has 4 rings (SSSR count). The van der Waals surface area contributed by atoms with Crippen molar-refractivity contribution in [1.29, 1.82) is 0 Å². The van der Waals surface area contributed by atoms with E-state index in [0.29, 0.717) is 52.8 Å². The Bertz CT molecular complexity index is 1260. The number of hydrazone groups is 1. The standard InChI is InChI=1S/C25H23Cl3N4O5/c26-17-6-4-16(5-7-17)22-15-20(29-31(22)21-9-8-18(27)14-19(21)28)25(36)30-32(12-2-1-3-13-32)37-24(35)11-10-23(33)34/h4-11,14,22H,1-3,12-13,15H2,(H-,30,33,34,36)/p+1/t22-/m0/s1. The summed E-state index contributed by atoms with van der Waals surface area (Å²) in [5.41, 5.74) is 4.47. The first kappa shape index (κ1) is 26.9. The molecule has 1 fully saturated rings. The lowest BCUT2D eigenvalue weighted by Gasteiger charge is -2.35. The average Bonchev–Trinajstić information content (AvgIpc) is 3.29. The number of nitrogens with one attached hydrogen (secondary N) is 1. The molecule has 1 atom stereocenters. The van der Waals surface area contributed by atoms with Crippen molar-refractivity contribution in [3.8, 4) is 0 Å². The van der Waals surface area contributed by atoms with Gasteiger partial charge in [0.1, 0.15) is 18.8 Å². The van der Waals surface area contributed by atoms with Crippen LogP contribution in [0.5, 0.6) is 0 Å². The Morgan fingerprint density at radius 1 is 1.00 bits per heavy atom. The number of carboxylic acid groups (broad SMARTS) is 1. The Balaban J connectivity index is 1.62. The number of aliphatic carboxylic acids is 1. The summed E-state index contributed by atoms with van der Waals surface area (Å²) in [5.74, 6) is -2.66. The lowest BCUT2D eigenvalue weighted by molar-refractivity contribution is -1.12. The van der Waals surface area contributed by atoms with Crippen molar-refractivity contribution in [2.45, 2.75) is 31.7 Å². The van der Waals surface area contributed by atoms with Crippen molar-refractivity contribution in [2.24, 2.45) is 5.10 Å². The quantitative estimate of drug-likeness (QED) is 0.357. The number of nitrogens with zero attached hydrogens (tertiary/aromatic N) is 3. The van der Waals surface area contributed by atoms with E-state index in [9.17, 15) is 14.4 Å². The molecule has 2 aliphatic rings. The van der Waals surface area contributed by atoms with Gasteiger partial charge >= 0.3 is 17.8 Å². The van der Waals surface area contributed by atoms with Crippen molar-refractivity contribution in [2.75, 3.05) is 18.1 Å². The van der Waals surface area contributed by atoms with E-state index in [2.05, 4.69) is 10.5 Å². The van der Waals surface area contributed by atoms with Crippen LogP contribution in [0.15, 0.2) is 59.7 Å². The molecule has 0 unspecified atom stereocenters. The molecule has 2 aromatic rings. The molecule has 37 heavy (non-hydrogen) atoms. The molecule has 194 valence electrons. The SMILES string of the molecule is O=C(O)C=CC(=O)O[N+]1(NC(=O)C2=NN(c3ccc(Cl)cc3Cl)[C@H](c3ccc(Cl)cc3)C2)CCCCC1. The molecule has 0 radical (unpaired) electrons. The molecule has 0 spiro atoms.